The first-order valence-electron chi connectivity index (χ1n) is 7.03. The Morgan fingerprint density at radius 1 is 1.09 bits per heavy atom. The third kappa shape index (κ3) is 5.69. The molecular weight excluding hydrogens is 310 g/mol. The molecule has 7 heteroatoms. The smallest absolute Gasteiger partial charge is 0.761 e. The van der Waals surface area contributed by atoms with Gasteiger partial charge in [0, 0.05) is 5.56 Å². The fourth-order valence-corrected chi connectivity index (χ4v) is 2.66. The molecule has 0 aromatic heterocycles. The molecule has 0 saturated heterocycles. The number of benzene rings is 1. The van der Waals surface area contributed by atoms with E-state index in [0.29, 0.717) is 0 Å². The molecule has 1 aromatic carbocycles. The summed E-state index contributed by atoms with van der Waals surface area (Å²) in [6.07, 6.45) is 0. The SMILES string of the molecule is COC(=O)P(=O)([O-])Oc1ccc(C(C)(C)C)cc1C(C)(C)C.[Li+]. The van der Waals surface area contributed by atoms with Crippen LogP contribution in [0.15, 0.2) is 18.2 Å². The van der Waals surface area contributed by atoms with Gasteiger partial charge in [0.05, 0.1) is 7.11 Å². The average molecular weight is 334 g/mol. The zero-order chi connectivity index (χ0) is 17.3. The zero-order valence-corrected chi connectivity index (χ0v) is 16.1. The molecule has 0 spiro atoms. The molecule has 0 heterocycles. The van der Waals surface area contributed by atoms with Gasteiger partial charge in [0.25, 0.3) is 7.60 Å². The quantitative estimate of drug-likeness (QED) is 0.608. The van der Waals surface area contributed by atoms with Gasteiger partial charge in [-0.15, -0.1) is 0 Å². The Labute approximate surface area is 150 Å². The van der Waals surface area contributed by atoms with Crippen LogP contribution in [0, 0.1) is 0 Å². The third-order valence-electron chi connectivity index (χ3n) is 3.27. The topological polar surface area (TPSA) is 75.7 Å². The van der Waals surface area contributed by atoms with Crippen molar-refractivity contribution in [2.75, 3.05) is 7.11 Å². The van der Waals surface area contributed by atoms with E-state index in [1.165, 1.54) is 0 Å². The van der Waals surface area contributed by atoms with Crippen LogP contribution < -0.4 is 28.3 Å². The van der Waals surface area contributed by atoms with Crippen LogP contribution in [0.25, 0.3) is 0 Å². The van der Waals surface area contributed by atoms with Crippen LogP contribution in [-0.4, -0.2) is 12.8 Å². The minimum absolute atomic E-state index is 0. The summed E-state index contributed by atoms with van der Waals surface area (Å²) in [6, 6.07) is 5.32. The molecular formula is C16H24LiO5P. The second-order valence-corrected chi connectivity index (χ2v) is 8.81. The summed E-state index contributed by atoms with van der Waals surface area (Å²) in [4.78, 5) is 23.1. The van der Waals surface area contributed by atoms with Gasteiger partial charge in [0.15, 0.2) is 0 Å². The molecule has 1 unspecified atom stereocenters. The first kappa shape index (κ1) is 22.3. The van der Waals surface area contributed by atoms with Crippen molar-refractivity contribution in [3.63, 3.8) is 0 Å². The van der Waals surface area contributed by atoms with Crippen molar-refractivity contribution < 1.29 is 42.4 Å². The van der Waals surface area contributed by atoms with E-state index in [1.807, 2.05) is 32.9 Å². The Bertz CT molecular complexity index is 614. The van der Waals surface area contributed by atoms with Gasteiger partial charge >= 0.3 is 24.6 Å². The summed E-state index contributed by atoms with van der Waals surface area (Å²) >= 11 is 0. The fourth-order valence-electron chi connectivity index (χ4n) is 1.94. The molecule has 1 rings (SSSR count). The van der Waals surface area contributed by atoms with Crippen LogP contribution in [-0.2, 0) is 20.1 Å². The molecule has 0 fully saturated rings. The van der Waals surface area contributed by atoms with Crippen molar-refractivity contribution in [1.82, 2.24) is 0 Å². The Morgan fingerprint density at radius 3 is 2.00 bits per heavy atom. The third-order valence-corrected chi connectivity index (χ3v) is 4.34. The number of carbonyl (C=O) groups is 1. The van der Waals surface area contributed by atoms with Crippen LogP contribution in [0.4, 0.5) is 4.79 Å². The van der Waals surface area contributed by atoms with Gasteiger partial charge in [0.2, 0.25) is 0 Å². The fraction of sp³-hybridized carbons (Fsp3) is 0.562. The minimum Gasteiger partial charge on any atom is -0.761 e. The van der Waals surface area contributed by atoms with E-state index in [4.69, 9.17) is 4.52 Å². The first-order chi connectivity index (χ1) is 9.79. The van der Waals surface area contributed by atoms with Crippen molar-refractivity contribution in [3.05, 3.63) is 29.3 Å². The molecule has 0 radical (unpaired) electrons. The number of ether oxygens (including phenoxy) is 1. The summed E-state index contributed by atoms with van der Waals surface area (Å²) in [5.74, 6) is 0.157. The molecule has 0 amide bonds. The van der Waals surface area contributed by atoms with E-state index < -0.39 is 13.3 Å². The van der Waals surface area contributed by atoms with Crippen LogP contribution in [0.3, 0.4) is 0 Å². The maximum atomic E-state index is 11.8. The molecule has 5 nitrogen and oxygen atoms in total. The predicted molar refractivity (Wildman–Crippen MR) is 84.5 cm³/mol. The Hall–Kier alpha value is -0.723. The molecule has 124 valence electrons. The summed E-state index contributed by atoms with van der Waals surface area (Å²) in [5, 5.41) is 0. The number of methoxy groups -OCH3 is 1. The second kappa shape index (κ2) is 7.45. The summed E-state index contributed by atoms with van der Waals surface area (Å²) in [5.41, 5.74) is -0.0230. The number of hydrogen-bond donors (Lipinski definition) is 0. The Kier molecular flexibility index (Phi) is 7.21. The van der Waals surface area contributed by atoms with Crippen LogP contribution in [0.1, 0.15) is 52.7 Å². The molecule has 0 N–H and O–H groups in total. The molecule has 1 aromatic rings. The molecule has 0 bridgehead atoms. The maximum Gasteiger partial charge on any atom is 1.00 e. The van der Waals surface area contributed by atoms with E-state index in [2.05, 4.69) is 25.5 Å². The van der Waals surface area contributed by atoms with Gasteiger partial charge in [-0.2, -0.15) is 0 Å². The molecule has 0 aliphatic heterocycles. The minimum atomic E-state index is -4.77. The Balaban J connectivity index is 0.00000484. The van der Waals surface area contributed by atoms with Crippen molar-refractivity contribution >= 4 is 13.3 Å². The van der Waals surface area contributed by atoms with Gasteiger partial charge in [-0.3, -0.25) is 4.57 Å². The number of carbonyl (C=O) groups excluding carboxylic acids is 1. The van der Waals surface area contributed by atoms with Crippen molar-refractivity contribution in [1.29, 1.82) is 0 Å². The van der Waals surface area contributed by atoms with Crippen LogP contribution in [0.2, 0.25) is 0 Å². The predicted octanol–water partition coefficient (Wildman–Crippen LogP) is 0.984. The maximum absolute atomic E-state index is 11.8. The largest absolute Gasteiger partial charge is 1.00 e. The summed E-state index contributed by atoms with van der Waals surface area (Å²) in [6.45, 7) is 12.1. The molecule has 0 aliphatic carbocycles. The van der Waals surface area contributed by atoms with Crippen LogP contribution in [0.5, 0.6) is 5.75 Å². The van der Waals surface area contributed by atoms with Crippen molar-refractivity contribution in [3.8, 4) is 5.75 Å². The van der Waals surface area contributed by atoms with E-state index in [1.54, 1.807) is 6.07 Å². The molecule has 1 atom stereocenters. The van der Waals surface area contributed by atoms with E-state index in [0.717, 1.165) is 18.2 Å². The van der Waals surface area contributed by atoms with Crippen molar-refractivity contribution in [2.45, 2.75) is 52.4 Å². The summed E-state index contributed by atoms with van der Waals surface area (Å²) in [7, 11) is -3.77. The van der Waals surface area contributed by atoms with Gasteiger partial charge in [-0.05, 0) is 22.5 Å². The number of rotatable bonds is 3. The van der Waals surface area contributed by atoms with Gasteiger partial charge < -0.3 is 14.2 Å². The summed E-state index contributed by atoms with van der Waals surface area (Å²) < 4.78 is 21.1. The zero-order valence-electron chi connectivity index (χ0n) is 15.2. The van der Waals surface area contributed by atoms with E-state index in [-0.39, 0.29) is 35.4 Å². The molecule has 0 aliphatic rings. The van der Waals surface area contributed by atoms with Gasteiger partial charge in [-0.25, -0.2) is 4.79 Å². The van der Waals surface area contributed by atoms with Gasteiger partial charge in [-0.1, -0.05) is 53.7 Å². The van der Waals surface area contributed by atoms with Gasteiger partial charge in [0.1, 0.15) is 5.75 Å². The first-order valence-corrected chi connectivity index (χ1v) is 8.57. The average Bonchev–Trinajstić information content (AvgIpc) is 2.35. The number of hydrogen-bond acceptors (Lipinski definition) is 5. The monoisotopic (exact) mass is 334 g/mol. The van der Waals surface area contributed by atoms with E-state index in [9.17, 15) is 14.3 Å². The van der Waals surface area contributed by atoms with Crippen LogP contribution >= 0.6 is 7.60 Å². The normalized spacial score (nSPS) is 14.4. The molecule has 23 heavy (non-hydrogen) atoms. The van der Waals surface area contributed by atoms with E-state index >= 15 is 0 Å². The van der Waals surface area contributed by atoms with Crippen molar-refractivity contribution in [2.24, 2.45) is 0 Å². The standard InChI is InChI=1S/C16H25O5P.Li/c1-15(2,3)11-8-9-13(12(10-11)16(4,5)6)21-22(18,19)14(17)20-7;/h8-10H,1-7H3,(H,18,19);/q;+1/p-1. The second-order valence-electron chi connectivity index (χ2n) is 7.27. The Morgan fingerprint density at radius 2 is 1.61 bits per heavy atom. The molecule has 0 saturated carbocycles.